The maximum atomic E-state index is 10.6. The van der Waals surface area contributed by atoms with E-state index in [9.17, 15) is 10.1 Å². The Kier molecular flexibility index (Phi) is 15.7. The second-order valence-electron chi connectivity index (χ2n) is 12.3. The molecule has 0 atom stereocenters. The number of piperidine rings is 1. The average molecular weight is 639 g/mol. The summed E-state index contributed by atoms with van der Waals surface area (Å²) in [7, 11) is 6.05. The van der Waals surface area contributed by atoms with E-state index in [2.05, 4.69) is 57.2 Å². The third-order valence-electron chi connectivity index (χ3n) is 8.09. The maximum Gasteiger partial charge on any atom is 0.183 e. The summed E-state index contributed by atoms with van der Waals surface area (Å²) in [5.41, 5.74) is 4.14. The third kappa shape index (κ3) is 12.7. The smallest absolute Gasteiger partial charge is 0.183 e. The van der Waals surface area contributed by atoms with E-state index in [1.165, 1.54) is 37.8 Å². The molecule has 1 N–H and O–H groups in total. The average Bonchev–Trinajstić information content (AvgIpc) is 3.91. The van der Waals surface area contributed by atoms with Crippen molar-refractivity contribution in [2.45, 2.75) is 52.9 Å². The largest absolute Gasteiger partial charge is 0.383 e. The lowest BCUT2D eigenvalue weighted by molar-refractivity contribution is 0.112. The summed E-state index contributed by atoms with van der Waals surface area (Å²) in [6, 6.07) is 18.0. The molecule has 3 heterocycles. The van der Waals surface area contributed by atoms with Gasteiger partial charge in [-0.15, -0.1) is 0 Å². The van der Waals surface area contributed by atoms with Gasteiger partial charge in [-0.1, -0.05) is 57.9 Å². The molecule has 1 aromatic heterocycles. The summed E-state index contributed by atoms with van der Waals surface area (Å²) in [5.74, 6) is 2.45. The van der Waals surface area contributed by atoms with Crippen molar-refractivity contribution in [2.75, 3.05) is 75.5 Å². The van der Waals surface area contributed by atoms with Crippen LogP contribution < -0.4 is 15.1 Å². The van der Waals surface area contributed by atoms with Crippen molar-refractivity contribution in [1.29, 1.82) is 5.26 Å². The van der Waals surface area contributed by atoms with Gasteiger partial charge in [-0.05, 0) is 74.3 Å². The molecule has 47 heavy (non-hydrogen) atoms. The summed E-state index contributed by atoms with van der Waals surface area (Å²) in [5, 5.41) is 12.7. The Balaban J connectivity index is 0.000000261. The molecule has 0 amide bonds. The number of hydrogen-bond acceptors (Lipinski definition) is 9. The number of carbonyl (C=O) groups excluding carboxylic acids is 1. The highest BCUT2D eigenvalue weighted by Gasteiger charge is 2.17. The summed E-state index contributed by atoms with van der Waals surface area (Å²) in [4.78, 5) is 28.6. The van der Waals surface area contributed by atoms with Crippen LogP contribution in [0.3, 0.4) is 0 Å². The molecule has 3 fully saturated rings. The molecular formula is C38H54N8O. The number of rotatable bonds is 7. The van der Waals surface area contributed by atoms with Gasteiger partial charge in [0.05, 0.1) is 6.20 Å². The zero-order chi connectivity index (χ0) is 34.0. The Labute approximate surface area is 282 Å². The number of hydrogen-bond donors (Lipinski definition) is 1. The first-order valence-electron chi connectivity index (χ1n) is 17.1. The zero-order valence-electron chi connectivity index (χ0n) is 29.3. The number of carbonyl (C=O) groups is 1. The predicted octanol–water partition coefficient (Wildman–Crippen LogP) is 7.31. The van der Waals surface area contributed by atoms with Gasteiger partial charge in [-0.25, -0.2) is 9.97 Å². The number of aldehydes is 1. The number of likely N-dealkylation sites (N-methyl/N-ethyl adjacent to an activating group) is 1. The monoisotopic (exact) mass is 638 g/mol. The normalized spacial score (nSPS) is 15.9. The molecule has 3 aliphatic rings. The maximum absolute atomic E-state index is 10.6. The molecule has 252 valence electrons. The van der Waals surface area contributed by atoms with Gasteiger partial charge in [0.2, 0.25) is 0 Å². The van der Waals surface area contributed by atoms with Crippen LogP contribution in [0.2, 0.25) is 0 Å². The number of aromatic nitrogens is 2. The quantitative estimate of drug-likeness (QED) is 0.268. The minimum Gasteiger partial charge on any atom is -0.383 e. The van der Waals surface area contributed by atoms with E-state index in [-0.39, 0.29) is 0 Å². The first kappa shape index (κ1) is 37.0. The van der Waals surface area contributed by atoms with Crippen LogP contribution in [0, 0.1) is 17.2 Å². The van der Waals surface area contributed by atoms with Crippen molar-refractivity contribution >= 4 is 35.4 Å². The van der Waals surface area contributed by atoms with Gasteiger partial charge in [-0.3, -0.25) is 4.79 Å². The molecule has 0 radical (unpaired) electrons. The molecule has 9 nitrogen and oxygen atoms in total. The van der Waals surface area contributed by atoms with Crippen LogP contribution in [0.25, 0.3) is 6.08 Å². The molecular weight excluding hydrogens is 584 g/mol. The highest BCUT2D eigenvalue weighted by atomic mass is 16.1. The highest BCUT2D eigenvalue weighted by molar-refractivity contribution is 5.81. The van der Waals surface area contributed by atoms with Crippen molar-refractivity contribution in [2.24, 2.45) is 5.92 Å². The van der Waals surface area contributed by atoms with E-state index in [0.717, 1.165) is 74.1 Å². The molecule has 1 saturated carbocycles. The number of nitriles is 1. The van der Waals surface area contributed by atoms with Crippen molar-refractivity contribution in [3.8, 4) is 6.07 Å². The molecule has 3 aromatic rings. The number of benzene rings is 2. The lowest BCUT2D eigenvalue weighted by Gasteiger charge is -2.34. The summed E-state index contributed by atoms with van der Waals surface area (Å²) < 4.78 is 0. The van der Waals surface area contributed by atoms with Crippen LogP contribution in [0.1, 0.15) is 74.5 Å². The Morgan fingerprint density at radius 2 is 1.51 bits per heavy atom. The SMILES string of the molecule is CC.CC1CC1.CN(C)/C=C\c1ccccc1C=O.CN1CCN(c2ccc(Nc3nc(N4CCCCC4)cnc3C#N)cc2)CC1. The Hall–Kier alpha value is -4.42. The van der Waals surface area contributed by atoms with Crippen molar-refractivity contribution in [1.82, 2.24) is 19.8 Å². The van der Waals surface area contributed by atoms with Crippen LogP contribution in [0.4, 0.5) is 23.0 Å². The standard InChI is InChI=1S/C21H27N7.C11H13NO.C4H8.C2H6/c1-26-11-13-27(14-12-26)18-7-5-17(6-8-18)24-21-19(15-22)23-16-20(25-21)28-9-3-2-4-10-28;1-12(2)8-7-10-5-3-4-6-11(10)9-13;1-4-2-3-4;1-2/h5-8,16H,2-4,9-14H2,1H3,(H,24,25);3-9H,1-2H3;4H,2-3H2,1H3;1-2H3/b;8-7-;;. The van der Waals surface area contributed by atoms with E-state index in [4.69, 9.17) is 4.98 Å². The van der Waals surface area contributed by atoms with Crippen LogP contribution in [0.15, 0.2) is 60.9 Å². The van der Waals surface area contributed by atoms with Crippen LogP contribution in [-0.2, 0) is 0 Å². The molecule has 0 unspecified atom stereocenters. The topological polar surface area (TPSA) is 91.6 Å². The predicted molar refractivity (Wildman–Crippen MR) is 197 cm³/mol. The Bertz CT molecular complexity index is 1410. The van der Waals surface area contributed by atoms with Gasteiger partial charge in [0.1, 0.15) is 11.9 Å². The Morgan fingerprint density at radius 3 is 2.06 bits per heavy atom. The number of anilines is 4. The molecule has 2 saturated heterocycles. The highest BCUT2D eigenvalue weighted by Crippen LogP contribution is 2.27. The second-order valence-corrected chi connectivity index (χ2v) is 12.3. The fourth-order valence-corrected chi connectivity index (χ4v) is 4.95. The third-order valence-corrected chi connectivity index (χ3v) is 8.09. The van der Waals surface area contributed by atoms with E-state index in [1.807, 2.05) is 81.5 Å². The van der Waals surface area contributed by atoms with Gasteiger partial charge in [0.25, 0.3) is 0 Å². The van der Waals surface area contributed by atoms with Crippen molar-refractivity contribution in [3.63, 3.8) is 0 Å². The van der Waals surface area contributed by atoms with E-state index in [0.29, 0.717) is 11.5 Å². The first-order chi connectivity index (χ1) is 22.9. The van der Waals surface area contributed by atoms with E-state index < -0.39 is 0 Å². The fraction of sp³-hybridized carbons (Fsp3) is 0.474. The first-order valence-corrected chi connectivity index (χ1v) is 17.1. The van der Waals surface area contributed by atoms with Gasteiger partial charge >= 0.3 is 0 Å². The minimum absolute atomic E-state index is 0.323. The minimum atomic E-state index is 0.323. The van der Waals surface area contributed by atoms with Gasteiger partial charge in [-0.2, -0.15) is 5.26 Å². The van der Waals surface area contributed by atoms with Crippen LogP contribution in [-0.4, -0.2) is 86.5 Å². The summed E-state index contributed by atoms with van der Waals surface area (Å²) >= 11 is 0. The second kappa shape index (κ2) is 20.0. The summed E-state index contributed by atoms with van der Waals surface area (Å²) in [6.07, 6.45) is 13.0. The van der Waals surface area contributed by atoms with Crippen LogP contribution in [0.5, 0.6) is 0 Å². The number of nitrogens with one attached hydrogen (secondary N) is 1. The van der Waals surface area contributed by atoms with Gasteiger partial charge in [0.15, 0.2) is 17.8 Å². The van der Waals surface area contributed by atoms with E-state index in [1.54, 1.807) is 6.20 Å². The van der Waals surface area contributed by atoms with Gasteiger partial charge < -0.3 is 24.9 Å². The van der Waals surface area contributed by atoms with E-state index >= 15 is 0 Å². The fourth-order valence-electron chi connectivity index (χ4n) is 4.95. The lowest BCUT2D eigenvalue weighted by atomic mass is 10.1. The van der Waals surface area contributed by atoms with Gasteiger partial charge in [0, 0.05) is 70.3 Å². The Morgan fingerprint density at radius 1 is 0.894 bits per heavy atom. The number of piperazine rings is 1. The lowest BCUT2D eigenvalue weighted by Crippen LogP contribution is -2.44. The molecule has 2 aliphatic heterocycles. The molecule has 6 rings (SSSR count). The molecule has 0 spiro atoms. The molecule has 1 aliphatic carbocycles. The van der Waals surface area contributed by atoms with Crippen LogP contribution >= 0.6 is 0 Å². The molecule has 9 heteroatoms. The molecule has 0 bridgehead atoms. The van der Waals surface area contributed by atoms with Crippen molar-refractivity contribution in [3.05, 3.63) is 77.7 Å². The summed E-state index contributed by atoms with van der Waals surface area (Å²) in [6.45, 7) is 12.5. The zero-order valence-corrected chi connectivity index (χ0v) is 29.3. The molecule has 2 aromatic carbocycles. The number of nitrogens with zero attached hydrogens (tertiary/aromatic N) is 7. The van der Waals surface area contributed by atoms with Crippen molar-refractivity contribution < 1.29 is 4.79 Å².